The third-order valence-corrected chi connectivity index (χ3v) is 5.83. The van der Waals surface area contributed by atoms with E-state index in [2.05, 4.69) is 22.2 Å². The molecule has 1 heterocycles. The molecule has 0 fully saturated rings. The van der Waals surface area contributed by atoms with E-state index in [-0.39, 0.29) is 12.4 Å². The molecule has 1 aliphatic heterocycles. The second-order valence-corrected chi connectivity index (χ2v) is 7.70. The molecule has 2 N–H and O–H groups in total. The molecule has 0 aromatic heterocycles. The van der Waals surface area contributed by atoms with E-state index in [1.54, 1.807) is 0 Å². The van der Waals surface area contributed by atoms with Crippen LogP contribution in [0.3, 0.4) is 0 Å². The largest absolute Gasteiger partial charge is 0.309 e. The predicted molar refractivity (Wildman–Crippen MR) is 103 cm³/mol. The van der Waals surface area contributed by atoms with E-state index in [1.165, 1.54) is 15.4 Å². The molecule has 7 heteroatoms. The summed E-state index contributed by atoms with van der Waals surface area (Å²) in [7, 11) is -3.52. The number of benzene rings is 2. The molecule has 2 aromatic rings. The highest BCUT2D eigenvalue weighted by Gasteiger charge is 2.20. The Balaban J connectivity index is 0.00000225. The van der Waals surface area contributed by atoms with Crippen LogP contribution in [0.15, 0.2) is 48.5 Å². The Morgan fingerprint density at radius 1 is 1.04 bits per heavy atom. The van der Waals surface area contributed by atoms with Crippen LogP contribution in [0.2, 0.25) is 0 Å². The average molecular weight is 382 g/mol. The lowest BCUT2D eigenvalue weighted by molar-refractivity contribution is 0.414. The molecule has 0 saturated heterocycles. The molecule has 0 saturated carbocycles. The molecule has 1 aliphatic rings. The Labute approximate surface area is 156 Å². The average Bonchev–Trinajstić information content (AvgIpc) is 3.06. The van der Waals surface area contributed by atoms with Crippen LogP contribution in [-0.2, 0) is 36.4 Å². The van der Waals surface area contributed by atoms with Gasteiger partial charge in [0.15, 0.2) is 0 Å². The van der Waals surface area contributed by atoms with Crippen LogP contribution in [-0.4, -0.2) is 19.3 Å². The Morgan fingerprint density at radius 2 is 1.76 bits per heavy atom. The number of hydrogen-bond acceptors (Lipinski definition) is 3. The van der Waals surface area contributed by atoms with Gasteiger partial charge in [0, 0.05) is 32.7 Å². The summed E-state index contributed by atoms with van der Waals surface area (Å²) in [6.07, 6.45) is 0. The Kier molecular flexibility index (Phi) is 6.98. The monoisotopic (exact) mass is 381 g/mol. The molecule has 3 rings (SSSR count). The summed E-state index contributed by atoms with van der Waals surface area (Å²) in [6, 6.07) is 15.8. The second kappa shape index (κ2) is 8.78. The summed E-state index contributed by atoms with van der Waals surface area (Å²) < 4.78 is 29.3. The summed E-state index contributed by atoms with van der Waals surface area (Å²) in [5.74, 6) is 0. The van der Waals surface area contributed by atoms with Gasteiger partial charge in [-0.15, -0.1) is 12.4 Å². The van der Waals surface area contributed by atoms with Crippen LogP contribution in [0.1, 0.15) is 29.2 Å². The van der Waals surface area contributed by atoms with Crippen molar-refractivity contribution in [2.75, 3.05) is 6.54 Å². The molecule has 25 heavy (non-hydrogen) atoms. The molecule has 0 bridgehead atoms. The molecule has 0 aliphatic carbocycles. The fraction of sp³-hybridized carbons (Fsp3) is 0.333. The molecular weight excluding hydrogens is 358 g/mol. The quantitative estimate of drug-likeness (QED) is 0.774. The van der Waals surface area contributed by atoms with Crippen molar-refractivity contribution in [3.05, 3.63) is 70.8 Å². The van der Waals surface area contributed by atoms with Gasteiger partial charge >= 0.3 is 0 Å². The van der Waals surface area contributed by atoms with Crippen molar-refractivity contribution in [2.24, 2.45) is 0 Å². The summed E-state index contributed by atoms with van der Waals surface area (Å²) in [4.78, 5) is 0. The van der Waals surface area contributed by atoms with E-state index in [1.807, 2.05) is 43.3 Å². The first-order valence-corrected chi connectivity index (χ1v) is 9.62. The second-order valence-electron chi connectivity index (χ2n) is 5.94. The summed E-state index contributed by atoms with van der Waals surface area (Å²) in [6.45, 7) is 4.70. The highest BCUT2D eigenvalue weighted by Crippen LogP contribution is 2.17. The van der Waals surface area contributed by atoms with Gasteiger partial charge in [0.25, 0.3) is 10.2 Å². The van der Waals surface area contributed by atoms with Crippen molar-refractivity contribution in [1.29, 1.82) is 0 Å². The topological polar surface area (TPSA) is 61.4 Å². The van der Waals surface area contributed by atoms with Crippen LogP contribution in [0.25, 0.3) is 0 Å². The zero-order valence-corrected chi connectivity index (χ0v) is 15.9. The number of nitrogens with one attached hydrogen (secondary N) is 2. The third-order valence-electron chi connectivity index (χ3n) is 4.25. The van der Waals surface area contributed by atoms with Gasteiger partial charge in [-0.2, -0.15) is 17.4 Å². The summed E-state index contributed by atoms with van der Waals surface area (Å²) in [5.41, 5.74) is 4.51. The number of rotatable bonds is 7. The number of halogens is 1. The molecule has 0 radical (unpaired) electrons. The normalized spacial score (nSPS) is 13.5. The molecule has 0 unspecified atom stereocenters. The van der Waals surface area contributed by atoms with E-state index in [0.29, 0.717) is 19.6 Å². The first kappa shape index (κ1) is 19.9. The zero-order valence-electron chi connectivity index (χ0n) is 14.2. The fourth-order valence-corrected chi connectivity index (χ4v) is 4.07. The molecule has 2 aromatic carbocycles. The Hall–Kier alpha value is -1.44. The molecule has 0 atom stereocenters. The van der Waals surface area contributed by atoms with Gasteiger partial charge in [0.1, 0.15) is 0 Å². The minimum Gasteiger partial charge on any atom is -0.309 e. The Bertz CT molecular complexity index is 797. The van der Waals surface area contributed by atoms with Gasteiger partial charge in [0.05, 0.1) is 0 Å². The van der Waals surface area contributed by atoms with Gasteiger partial charge in [-0.1, -0.05) is 55.5 Å². The third kappa shape index (κ3) is 5.03. The maximum absolute atomic E-state index is 12.6. The van der Waals surface area contributed by atoms with E-state index < -0.39 is 10.2 Å². The van der Waals surface area contributed by atoms with Gasteiger partial charge in [0.2, 0.25) is 0 Å². The lowest BCUT2D eigenvalue weighted by Crippen LogP contribution is -2.39. The lowest BCUT2D eigenvalue weighted by Gasteiger charge is -2.21. The van der Waals surface area contributed by atoms with Gasteiger partial charge in [-0.05, 0) is 22.3 Å². The summed E-state index contributed by atoms with van der Waals surface area (Å²) in [5, 5.41) is 3.30. The smallest absolute Gasteiger partial charge is 0.280 e. The number of nitrogens with zero attached hydrogens (tertiary/aromatic N) is 1. The fourth-order valence-electron chi connectivity index (χ4n) is 2.88. The lowest BCUT2D eigenvalue weighted by atomic mass is 10.1. The van der Waals surface area contributed by atoms with Crippen molar-refractivity contribution in [2.45, 2.75) is 33.1 Å². The number of hydrogen-bond donors (Lipinski definition) is 2. The van der Waals surface area contributed by atoms with Crippen LogP contribution >= 0.6 is 12.4 Å². The van der Waals surface area contributed by atoms with Crippen LogP contribution in [0.4, 0.5) is 0 Å². The highest BCUT2D eigenvalue weighted by molar-refractivity contribution is 7.87. The SMILES string of the molecule is CCN(Cc1ccccc1)S(=O)(=O)NCc1ccc2c(c1)CNC2.Cl. The van der Waals surface area contributed by atoms with Gasteiger partial charge in [-0.3, -0.25) is 0 Å². The minimum atomic E-state index is -3.52. The maximum atomic E-state index is 12.6. The van der Waals surface area contributed by atoms with E-state index in [9.17, 15) is 8.42 Å². The first-order chi connectivity index (χ1) is 11.6. The highest BCUT2D eigenvalue weighted by atomic mass is 35.5. The Morgan fingerprint density at radius 3 is 2.48 bits per heavy atom. The number of fused-ring (bicyclic) bond motifs is 1. The van der Waals surface area contributed by atoms with Crippen molar-refractivity contribution in [3.8, 4) is 0 Å². The molecule has 0 spiro atoms. The minimum absolute atomic E-state index is 0. The van der Waals surface area contributed by atoms with Crippen molar-refractivity contribution in [3.63, 3.8) is 0 Å². The summed E-state index contributed by atoms with van der Waals surface area (Å²) >= 11 is 0. The van der Waals surface area contributed by atoms with Crippen molar-refractivity contribution in [1.82, 2.24) is 14.3 Å². The van der Waals surface area contributed by atoms with Gasteiger partial charge in [-0.25, -0.2) is 0 Å². The van der Waals surface area contributed by atoms with Crippen molar-refractivity contribution >= 4 is 22.6 Å². The van der Waals surface area contributed by atoms with E-state index in [0.717, 1.165) is 24.2 Å². The van der Waals surface area contributed by atoms with Crippen LogP contribution in [0.5, 0.6) is 0 Å². The van der Waals surface area contributed by atoms with E-state index in [4.69, 9.17) is 0 Å². The standard InChI is InChI=1S/C18H23N3O2S.ClH/c1-2-21(14-15-6-4-3-5-7-15)24(22,23)20-11-16-8-9-17-12-19-13-18(17)10-16;/h3-10,19-20H,2,11-14H2,1H3;1H. The maximum Gasteiger partial charge on any atom is 0.280 e. The van der Waals surface area contributed by atoms with Gasteiger partial charge < -0.3 is 5.32 Å². The molecular formula is C18H24ClN3O2S. The van der Waals surface area contributed by atoms with Crippen LogP contribution in [0, 0.1) is 0 Å². The van der Waals surface area contributed by atoms with E-state index >= 15 is 0 Å². The molecule has 5 nitrogen and oxygen atoms in total. The first-order valence-electron chi connectivity index (χ1n) is 8.18. The van der Waals surface area contributed by atoms with Crippen LogP contribution < -0.4 is 10.0 Å². The predicted octanol–water partition coefficient (Wildman–Crippen LogP) is 2.57. The molecule has 0 amide bonds. The molecule has 136 valence electrons. The van der Waals surface area contributed by atoms with Crippen molar-refractivity contribution < 1.29 is 8.42 Å². The zero-order chi connectivity index (χ0) is 17.0.